The Morgan fingerprint density at radius 2 is 2.14 bits per heavy atom. The van der Waals surface area contributed by atoms with E-state index in [-0.39, 0.29) is 6.04 Å². The number of thiazole rings is 1. The molecule has 0 radical (unpaired) electrons. The van der Waals surface area contributed by atoms with Crippen LogP contribution in [0, 0.1) is 0 Å². The average molecular weight is 322 g/mol. The lowest BCUT2D eigenvalue weighted by atomic mass is 10.1. The maximum absolute atomic E-state index is 6.31. The first-order valence-electron chi connectivity index (χ1n) is 7.28. The summed E-state index contributed by atoms with van der Waals surface area (Å²) in [5, 5.41) is 1.83. The minimum atomic E-state index is 0.183. The molecule has 1 unspecified atom stereocenters. The number of hydrogen-bond acceptors (Lipinski definition) is 4. The first-order valence-corrected chi connectivity index (χ1v) is 8.48. The monoisotopic (exact) mass is 321 g/mol. The molecule has 112 valence electrons. The Morgan fingerprint density at radius 1 is 1.43 bits per heavy atom. The average Bonchev–Trinajstić information content (AvgIpc) is 3.25. The Labute approximate surface area is 134 Å². The van der Waals surface area contributed by atoms with Gasteiger partial charge in [-0.05, 0) is 31.4 Å². The highest BCUT2D eigenvalue weighted by Gasteiger charge is 2.30. The molecule has 1 atom stereocenters. The van der Waals surface area contributed by atoms with Gasteiger partial charge >= 0.3 is 0 Å². The number of aromatic nitrogens is 1. The number of nitrogens with zero attached hydrogens (tertiary/aromatic N) is 2. The number of anilines is 1. The normalized spacial score (nSPS) is 16.0. The molecule has 0 amide bonds. The maximum Gasteiger partial charge on any atom is 0.186 e. The quantitative estimate of drug-likeness (QED) is 0.891. The van der Waals surface area contributed by atoms with E-state index in [9.17, 15) is 0 Å². The topological polar surface area (TPSA) is 42.2 Å². The van der Waals surface area contributed by atoms with Gasteiger partial charge in [-0.3, -0.25) is 0 Å². The second-order valence-corrected chi connectivity index (χ2v) is 7.06. The summed E-state index contributed by atoms with van der Waals surface area (Å²) in [6.07, 6.45) is 2.50. The zero-order valence-corrected chi connectivity index (χ0v) is 13.9. The number of hydrogen-bond donors (Lipinski definition) is 1. The predicted molar refractivity (Wildman–Crippen MR) is 90.3 cm³/mol. The molecule has 1 saturated carbocycles. The van der Waals surface area contributed by atoms with E-state index in [1.54, 1.807) is 11.3 Å². The molecule has 1 aromatic heterocycles. The van der Waals surface area contributed by atoms with E-state index in [4.69, 9.17) is 22.3 Å². The standard InChI is InChI=1S/C16H20ClN3S/c1-10(12-5-3-4-6-13(12)17)20(2)16-19-15(11-7-8-11)14(9-18)21-16/h3-6,10-11H,7-9,18H2,1-2H3. The number of benzene rings is 1. The molecule has 0 bridgehead atoms. The lowest BCUT2D eigenvalue weighted by Gasteiger charge is -2.25. The highest BCUT2D eigenvalue weighted by Crippen LogP contribution is 2.44. The molecule has 1 aromatic carbocycles. The molecule has 2 aromatic rings. The SMILES string of the molecule is CC(c1ccccc1Cl)N(C)c1nc(C2CC2)c(CN)s1. The molecule has 21 heavy (non-hydrogen) atoms. The summed E-state index contributed by atoms with van der Waals surface area (Å²) in [6, 6.07) is 8.17. The van der Waals surface area contributed by atoms with E-state index in [2.05, 4.69) is 24.9 Å². The molecule has 1 aliphatic rings. The minimum absolute atomic E-state index is 0.183. The second-order valence-electron chi connectivity index (χ2n) is 5.59. The van der Waals surface area contributed by atoms with Crippen LogP contribution in [0.4, 0.5) is 5.13 Å². The van der Waals surface area contributed by atoms with E-state index in [0.717, 1.165) is 15.7 Å². The predicted octanol–water partition coefficient (Wildman–Crippen LogP) is 4.33. The third-order valence-corrected chi connectivity index (χ3v) is 5.63. The van der Waals surface area contributed by atoms with Crippen molar-refractivity contribution in [2.24, 2.45) is 5.73 Å². The largest absolute Gasteiger partial charge is 0.344 e. The molecule has 1 aliphatic carbocycles. The van der Waals surface area contributed by atoms with Crippen LogP contribution in [0.25, 0.3) is 0 Å². The van der Waals surface area contributed by atoms with Gasteiger partial charge in [-0.25, -0.2) is 4.98 Å². The van der Waals surface area contributed by atoms with Gasteiger partial charge in [0.1, 0.15) is 0 Å². The molecular formula is C16H20ClN3S. The van der Waals surface area contributed by atoms with Crippen LogP contribution in [-0.4, -0.2) is 12.0 Å². The van der Waals surface area contributed by atoms with Crippen LogP contribution in [0.3, 0.4) is 0 Å². The van der Waals surface area contributed by atoms with Crippen molar-refractivity contribution < 1.29 is 0 Å². The van der Waals surface area contributed by atoms with Gasteiger partial charge in [0.15, 0.2) is 5.13 Å². The van der Waals surface area contributed by atoms with Gasteiger partial charge in [-0.1, -0.05) is 29.8 Å². The van der Waals surface area contributed by atoms with Crippen LogP contribution in [0.1, 0.15) is 47.9 Å². The van der Waals surface area contributed by atoms with E-state index >= 15 is 0 Å². The zero-order chi connectivity index (χ0) is 15.0. The first-order chi connectivity index (χ1) is 10.1. The smallest absolute Gasteiger partial charge is 0.186 e. The van der Waals surface area contributed by atoms with Crippen LogP contribution in [-0.2, 0) is 6.54 Å². The fourth-order valence-electron chi connectivity index (χ4n) is 2.51. The van der Waals surface area contributed by atoms with Gasteiger partial charge < -0.3 is 10.6 Å². The summed E-state index contributed by atoms with van der Waals surface area (Å²) >= 11 is 8.02. The van der Waals surface area contributed by atoms with Gasteiger partial charge in [-0.15, -0.1) is 11.3 Å². The summed E-state index contributed by atoms with van der Waals surface area (Å²) in [6.45, 7) is 2.74. The van der Waals surface area contributed by atoms with Crippen LogP contribution < -0.4 is 10.6 Å². The highest BCUT2D eigenvalue weighted by atomic mass is 35.5. The highest BCUT2D eigenvalue weighted by molar-refractivity contribution is 7.15. The molecule has 0 saturated heterocycles. The lowest BCUT2D eigenvalue weighted by molar-refractivity contribution is 0.735. The Morgan fingerprint density at radius 3 is 2.76 bits per heavy atom. The van der Waals surface area contributed by atoms with Crippen molar-refractivity contribution in [2.45, 2.75) is 38.3 Å². The summed E-state index contributed by atoms with van der Waals surface area (Å²) in [5.41, 5.74) is 8.21. The first kappa shape index (κ1) is 14.8. The van der Waals surface area contributed by atoms with Crippen molar-refractivity contribution in [3.05, 3.63) is 45.4 Å². The van der Waals surface area contributed by atoms with Gasteiger partial charge in [0.05, 0.1) is 11.7 Å². The van der Waals surface area contributed by atoms with Crippen LogP contribution in [0.2, 0.25) is 5.02 Å². The van der Waals surface area contributed by atoms with Gasteiger partial charge in [0.2, 0.25) is 0 Å². The Balaban J connectivity index is 1.87. The van der Waals surface area contributed by atoms with E-state index in [1.807, 2.05) is 18.2 Å². The number of nitrogens with two attached hydrogens (primary N) is 1. The Kier molecular flexibility index (Phi) is 4.20. The molecule has 0 aliphatic heterocycles. The molecule has 2 N–H and O–H groups in total. The second kappa shape index (κ2) is 5.95. The molecule has 5 heteroatoms. The van der Waals surface area contributed by atoms with Crippen LogP contribution >= 0.6 is 22.9 Å². The van der Waals surface area contributed by atoms with Gasteiger partial charge in [0.25, 0.3) is 0 Å². The Bertz CT molecular complexity index is 636. The van der Waals surface area contributed by atoms with E-state index in [1.165, 1.54) is 23.4 Å². The fraction of sp³-hybridized carbons (Fsp3) is 0.438. The Hall–Kier alpha value is -1.10. The van der Waals surface area contributed by atoms with Crippen LogP contribution in [0.15, 0.2) is 24.3 Å². The molecule has 1 heterocycles. The van der Waals surface area contributed by atoms with Crippen molar-refractivity contribution >= 4 is 28.1 Å². The van der Waals surface area contributed by atoms with Gasteiger partial charge in [0, 0.05) is 29.4 Å². The third-order valence-electron chi connectivity index (χ3n) is 4.10. The molecule has 1 fully saturated rings. The molecule has 3 rings (SSSR count). The van der Waals surface area contributed by atoms with Gasteiger partial charge in [-0.2, -0.15) is 0 Å². The van der Waals surface area contributed by atoms with Crippen molar-refractivity contribution in [2.75, 3.05) is 11.9 Å². The molecular weight excluding hydrogens is 302 g/mol. The summed E-state index contributed by atoms with van der Waals surface area (Å²) < 4.78 is 0. The molecule has 0 spiro atoms. The van der Waals surface area contributed by atoms with Crippen molar-refractivity contribution in [1.82, 2.24) is 4.98 Å². The maximum atomic E-state index is 6.31. The third kappa shape index (κ3) is 2.93. The van der Waals surface area contributed by atoms with Crippen molar-refractivity contribution in [1.29, 1.82) is 0 Å². The summed E-state index contributed by atoms with van der Waals surface area (Å²) in [5.74, 6) is 0.637. The summed E-state index contributed by atoms with van der Waals surface area (Å²) in [4.78, 5) is 8.26. The van der Waals surface area contributed by atoms with Crippen LogP contribution in [0.5, 0.6) is 0 Å². The summed E-state index contributed by atoms with van der Waals surface area (Å²) in [7, 11) is 2.07. The lowest BCUT2D eigenvalue weighted by Crippen LogP contribution is -2.21. The number of rotatable bonds is 5. The zero-order valence-electron chi connectivity index (χ0n) is 12.3. The molecule has 3 nitrogen and oxygen atoms in total. The van der Waals surface area contributed by atoms with E-state index in [0.29, 0.717) is 12.5 Å². The minimum Gasteiger partial charge on any atom is -0.344 e. The van der Waals surface area contributed by atoms with Crippen molar-refractivity contribution in [3.8, 4) is 0 Å². The fourth-order valence-corrected chi connectivity index (χ4v) is 3.87. The van der Waals surface area contributed by atoms with E-state index < -0.39 is 0 Å². The van der Waals surface area contributed by atoms with Crippen molar-refractivity contribution in [3.63, 3.8) is 0 Å². The number of halogens is 1.